The summed E-state index contributed by atoms with van der Waals surface area (Å²) in [6.45, 7) is 0. The molecule has 2 aliphatic carbocycles. The molecule has 0 amide bonds. The molecule has 0 radical (unpaired) electrons. The van der Waals surface area contributed by atoms with E-state index in [1.807, 2.05) is 0 Å². The molecule has 1 unspecified atom stereocenters. The fourth-order valence-electron chi connectivity index (χ4n) is 4.54. The SMILES string of the molecule is COC(=O)CC(C(=O)OC)P(=O)(C1CCCCC1)C1CCCCC1. The highest BCUT2D eigenvalue weighted by Gasteiger charge is 2.50. The Morgan fingerprint density at radius 3 is 1.71 bits per heavy atom. The Morgan fingerprint density at radius 1 is 0.875 bits per heavy atom. The lowest BCUT2D eigenvalue weighted by atomic mass is 9.99. The molecule has 6 heteroatoms. The molecular weight excluding hydrogens is 327 g/mol. The molecule has 2 fully saturated rings. The fourth-order valence-corrected chi connectivity index (χ4v) is 9.37. The summed E-state index contributed by atoms with van der Waals surface area (Å²) in [5, 5.41) is 0. The number of hydrogen-bond acceptors (Lipinski definition) is 5. The Kier molecular flexibility index (Phi) is 7.34. The second-order valence-corrected chi connectivity index (χ2v) is 10.8. The van der Waals surface area contributed by atoms with Crippen LogP contribution in [0.1, 0.15) is 70.6 Å². The van der Waals surface area contributed by atoms with Crippen molar-refractivity contribution in [2.24, 2.45) is 0 Å². The van der Waals surface area contributed by atoms with Crippen molar-refractivity contribution in [3.05, 3.63) is 0 Å². The van der Waals surface area contributed by atoms with Crippen molar-refractivity contribution in [3.8, 4) is 0 Å². The standard InChI is InChI=1S/C18H31O5P/c1-22-17(19)13-16(18(20)23-2)24(21,14-9-5-3-6-10-14)15-11-7-4-8-12-15/h14-16H,3-13H2,1-2H3. The maximum Gasteiger partial charge on any atom is 0.316 e. The largest absolute Gasteiger partial charge is 0.469 e. The minimum atomic E-state index is -2.90. The maximum absolute atomic E-state index is 14.4. The van der Waals surface area contributed by atoms with E-state index in [2.05, 4.69) is 0 Å². The van der Waals surface area contributed by atoms with Gasteiger partial charge in [-0.1, -0.05) is 38.5 Å². The summed E-state index contributed by atoms with van der Waals surface area (Å²) in [5.74, 6) is -0.975. The zero-order valence-electron chi connectivity index (χ0n) is 15.0. The summed E-state index contributed by atoms with van der Waals surface area (Å²) < 4.78 is 24.1. The molecule has 0 heterocycles. The van der Waals surface area contributed by atoms with Crippen LogP contribution >= 0.6 is 7.14 Å². The zero-order chi connectivity index (χ0) is 17.6. The highest BCUT2D eigenvalue weighted by atomic mass is 31.2. The average molecular weight is 358 g/mol. The van der Waals surface area contributed by atoms with Crippen LogP contribution in [0.4, 0.5) is 0 Å². The topological polar surface area (TPSA) is 69.7 Å². The number of hydrogen-bond donors (Lipinski definition) is 0. The van der Waals surface area contributed by atoms with E-state index in [-0.39, 0.29) is 17.7 Å². The lowest BCUT2D eigenvalue weighted by Crippen LogP contribution is -2.36. The molecule has 138 valence electrons. The summed E-state index contributed by atoms with van der Waals surface area (Å²) in [7, 11) is -0.269. The molecule has 2 rings (SSSR count). The van der Waals surface area contributed by atoms with E-state index in [9.17, 15) is 14.2 Å². The number of carbonyl (C=O) groups is 2. The highest BCUT2D eigenvalue weighted by molar-refractivity contribution is 7.67. The van der Waals surface area contributed by atoms with Crippen molar-refractivity contribution in [2.75, 3.05) is 14.2 Å². The van der Waals surface area contributed by atoms with Gasteiger partial charge in [-0.3, -0.25) is 9.59 Å². The molecule has 0 aliphatic heterocycles. The van der Waals surface area contributed by atoms with E-state index in [4.69, 9.17) is 9.47 Å². The van der Waals surface area contributed by atoms with E-state index >= 15 is 0 Å². The normalized spacial score (nSPS) is 21.9. The van der Waals surface area contributed by atoms with Crippen LogP contribution in [0.5, 0.6) is 0 Å². The summed E-state index contributed by atoms with van der Waals surface area (Å²) in [6.07, 6.45) is 10.1. The Balaban J connectivity index is 2.37. The zero-order valence-corrected chi connectivity index (χ0v) is 15.9. The van der Waals surface area contributed by atoms with Crippen LogP contribution in [0.3, 0.4) is 0 Å². The van der Waals surface area contributed by atoms with Gasteiger partial charge in [0.15, 0.2) is 0 Å². The Bertz CT molecular complexity index is 456. The number of carbonyl (C=O) groups excluding carboxylic acids is 2. The van der Waals surface area contributed by atoms with Gasteiger partial charge in [-0.15, -0.1) is 0 Å². The minimum absolute atomic E-state index is 0.0584. The van der Waals surface area contributed by atoms with Crippen molar-refractivity contribution in [1.29, 1.82) is 0 Å². The van der Waals surface area contributed by atoms with Crippen molar-refractivity contribution < 1.29 is 23.6 Å². The molecular formula is C18H31O5P. The van der Waals surface area contributed by atoms with E-state index in [0.717, 1.165) is 51.4 Å². The number of esters is 2. The molecule has 0 bridgehead atoms. The Morgan fingerprint density at radius 2 is 1.33 bits per heavy atom. The third-order valence-corrected chi connectivity index (χ3v) is 10.5. The maximum atomic E-state index is 14.4. The Hall–Kier alpha value is -0.830. The molecule has 0 aromatic carbocycles. The summed E-state index contributed by atoms with van der Waals surface area (Å²) in [5.41, 5.74) is -0.715. The third kappa shape index (κ3) is 4.22. The van der Waals surface area contributed by atoms with Crippen LogP contribution in [-0.4, -0.2) is 43.1 Å². The molecule has 0 spiro atoms. The fraction of sp³-hybridized carbons (Fsp3) is 0.889. The quantitative estimate of drug-likeness (QED) is 0.528. The van der Waals surface area contributed by atoms with Crippen molar-refractivity contribution in [1.82, 2.24) is 0 Å². The number of rotatable bonds is 6. The van der Waals surface area contributed by atoms with Crippen LogP contribution in [0.15, 0.2) is 0 Å². The predicted octanol–water partition coefficient (Wildman–Crippen LogP) is 4.12. The van der Waals surface area contributed by atoms with Gasteiger partial charge in [0.05, 0.1) is 20.6 Å². The first kappa shape index (κ1) is 19.5. The van der Waals surface area contributed by atoms with Gasteiger partial charge in [-0.25, -0.2) is 0 Å². The lowest BCUT2D eigenvalue weighted by Gasteiger charge is -2.41. The first-order valence-electron chi connectivity index (χ1n) is 9.27. The molecule has 2 saturated carbocycles. The predicted molar refractivity (Wildman–Crippen MR) is 93.8 cm³/mol. The average Bonchev–Trinajstić information content (AvgIpc) is 2.66. The molecule has 0 saturated heterocycles. The first-order chi connectivity index (χ1) is 11.5. The van der Waals surface area contributed by atoms with E-state index in [1.54, 1.807) is 0 Å². The van der Waals surface area contributed by atoms with Gasteiger partial charge in [0.1, 0.15) is 12.8 Å². The van der Waals surface area contributed by atoms with Crippen LogP contribution in [-0.2, 0) is 23.6 Å². The van der Waals surface area contributed by atoms with Crippen molar-refractivity contribution >= 4 is 19.1 Å². The number of ether oxygens (including phenoxy) is 2. The lowest BCUT2D eigenvalue weighted by molar-refractivity contribution is -0.146. The number of methoxy groups -OCH3 is 2. The van der Waals surface area contributed by atoms with Crippen molar-refractivity contribution in [3.63, 3.8) is 0 Å². The van der Waals surface area contributed by atoms with Crippen LogP contribution in [0.2, 0.25) is 0 Å². The van der Waals surface area contributed by atoms with Crippen LogP contribution in [0.25, 0.3) is 0 Å². The highest BCUT2D eigenvalue weighted by Crippen LogP contribution is 2.66. The van der Waals surface area contributed by atoms with Gasteiger partial charge in [-0.2, -0.15) is 0 Å². The third-order valence-electron chi connectivity index (χ3n) is 5.84. The Labute approximate surface area is 145 Å². The first-order valence-corrected chi connectivity index (χ1v) is 11.2. The molecule has 24 heavy (non-hydrogen) atoms. The van der Waals surface area contributed by atoms with Gasteiger partial charge < -0.3 is 14.0 Å². The molecule has 5 nitrogen and oxygen atoms in total. The second kappa shape index (κ2) is 9.03. The monoisotopic (exact) mass is 358 g/mol. The summed E-state index contributed by atoms with van der Waals surface area (Å²) in [6, 6.07) is 0. The van der Waals surface area contributed by atoms with E-state index in [0.29, 0.717) is 0 Å². The van der Waals surface area contributed by atoms with Gasteiger partial charge >= 0.3 is 11.9 Å². The molecule has 2 aliphatic rings. The molecule has 0 aromatic heterocycles. The molecule has 0 aromatic rings. The molecule has 1 atom stereocenters. The minimum Gasteiger partial charge on any atom is -0.469 e. The van der Waals surface area contributed by atoms with E-state index < -0.39 is 24.7 Å². The molecule has 0 N–H and O–H groups in total. The smallest absolute Gasteiger partial charge is 0.316 e. The van der Waals surface area contributed by atoms with Gasteiger partial charge in [0.25, 0.3) is 0 Å². The van der Waals surface area contributed by atoms with Crippen LogP contribution < -0.4 is 0 Å². The van der Waals surface area contributed by atoms with Gasteiger partial charge in [-0.05, 0) is 25.7 Å². The van der Waals surface area contributed by atoms with Gasteiger partial charge in [0, 0.05) is 11.3 Å². The summed E-state index contributed by atoms with van der Waals surface area (Å²) >= 11 is 0. The van der Waals surface area contributed by atoms with E-state index in [1.165, 1.54) is 27.1 Å². The summed E-state index contributed by atoms with van der Waals surface area (Å²) in [4.78, 5) is 24.4. The van der Waals surface area contributed by atoms with Gasteiger partial charge in [0.2, 0.25) is 0 Å². The van der Waals surface area contributed by atoms with Crippen LogP contribution in [0, 0.1) is 0 Å². The second-order valence-electron chi connectivity index (χ2n) is 7.17. The van der Waals surface area contributed by atoms with Crippen molar-refractivity contribution in [2.45, 2.75) is 87.6 Å².